The van der Waals surface area contributed by atoms with E-state index in [1.165, 1.54) is 0 Å². The quantitative estimate of drug-likeness (QED) is 0.797. The zero-order chi connectivity index (χ0) is 18.2. The number of carbonyl (C=O) groups excluding carboxylic acids is 1. The maximum absolute atomic E-state index is 12.1. The largest absolute Gasteiger partial charge is 0.497 e. The molecule has 1 atom stereocenters. The second-order valence-electron chi connectivity index (χ2n) is 5.37. The Labute approximate surface area is 147 Å². The smallest absolute Gasteiger partial charge is 0.258 e. The molecule has 1 amide bonds. The van der Waals surface area contributed by atoms with Crippen LogP contribution in [0.15, 0.2) is 42.5 Å². The minimum Gasteiger partial charge on any atom is -0.497 e. The van der Waals surface area contributed by atoms with Gasteiger partial charge < -0.3 is 24.3 Å². The van der Waals surface area contributed by atoms with Gasteiger partial charge in [-0.1, -0.05) is 6.07 Å². The van der Waals surface area contributed by atoms with Gasteiger partial charge in [-0.15, -0.1) is 0 Å². The molecule has 0 aromatic heterocycles. The van der Waals surface area contributed by atoms with Crippen LogP contribution in [-0.4, -0.2) is 33.8 Å². The van der Waals surface area contributed by atoms with E-state index in [4.69, 9.17) is 18.9 Å². The maximum Gasteiger partial charge on any atom is 0.258 e. The van der Waals surface area contributed by atoms with E-state index in [1.807, 2.05) is 25.1 Å². The second kappa shape index (κ2) is 8.82. The number of methoxy groups -OCH3 is 3. The van der Waals surface area contributed by atoms with Crippen molar-refractivity contribution in [3.63, 3.8) is 0 Å². The Bertz CT molecular complexity index is 699. The molecule has 0 aliphatic rings. The third-order valence-corrected chi connectivity index (χ3v) is 3.71. The van der Waals surface area contributed by atoms with Crippen molar-refractivity contribution < 1.29 is 23.7 Å². The summed E-state index contributed by atoms with van der Waals surface area (Å²) in [4.78, 5) is 12.1. The number of ether oxygens (including phenoxy) is 4. The van der Waals surface area contributed by atoms with Crippen molar-refractivity contribution in [1.29, 1.82) is 0 Å². The standard InChI is InChI=1S/C19H23NO5/c1-13(14-5-10-17(23-3)18(11-14)24-4)20-19(21)12-25-16-8-6-15(22-2)7-9-16/h5-11,13H,12H2,1-4H3,(H,20,21). The van der Waals surface area contributed by atoms with Crippen LogP contribution in [0, 0.1) is 0 Å². The Hall–Kier alpha value is -2.89. The minimum atomic E-state index is -0.210. The highest BCUT2D eigenvalue weighted by atomic mass is 16.5. The zero-order valence-corrected chi connectivity index (χ0v) is 14.9. The van der Waals surface area contributed by atoms with Gasteiger partial charge in [0.1, 0.15) is 11.5 Å². The first-order valence-corrected chi connectivity index (χ1v) is 7.85. The summed E-state index contributed by atoms with van der Waals surface area (Å²) in [6.45, 7) is 1.83. The summed E-state index contributed by atoms with van der Waals surface area (Å²) in [6, 6.07) is 12.4. The summed E-state index contributed by atoms with van der Waals surface area (Å²) in [6.07, 6.45) is 0. The molecular weight excluding hydrogens is 322 g/mol. The monoisotopic (exact) mass is 345 g/mol. The van der Waals surface area contributed by atoms with Crippen molar-refractivity contribution in [3.8, 4) is 23.0 Å². The number of benzene rings is 2. The molecule has 0 saturated heterocycles. The Morgan fingerprint density at radius 2 is 1.56 bits per heavy atom. The zero-order valence-electron chi connectivity index (χ0n) is 14.9. The Kier molecular flexibility index (Phi) is 6.51. The summed E-state index contributed by atoms with van der Waals surface area (Å²) in [5.74, 6) is 2.40. The van der Waals surface area contributed by atoms with Crippen LogP contribution in [0.3, 0.4) is 0 Å². The number of amides is 1. The van der Waals surface area contributed by atoms with E-state index in [0.29, 0.717) is 17.2 Å². The van der Waals surface area contributed by atoms with Gasteiger partial charge in [-0.05, 0) is 48.9 Å². The average molecular weight is 345 g/mol. The van der Waals surface area contributed by atoms with Crippen LogP contribution in [-0.2, 0) is 4.79 Å². The fourth-order valence-electron chi connectivity index (χ4n) is 2.31. The first-order chi connectivity index (χ1) is 12.1. The number of nitrogens with one attached hydrogen (secondary N) is 1. The van der Waals surface area contributed by atoms with Gasteiger partial charge in [0.2, 0.25) is 0 Å². The normalized spacial score (nSPS) is 11.4. The summed E-state index contributed by atoms with van der Waals surface area (Å²) in [7, 11) is 4.76. The van der Waals surface area contributed by atoms with E-state index in [-0.39, 0.29) is 18.6 Å². The van der Waals surface area contributed by atoms with E-state index in [1.54, 1.807) is 45.6 Å². The first kappa shape index (κ1) is 18.4. The molecule has 0 radical (unpaired) electrons. The molecule has 0 fully saturated rings. The highest BCUT2D eigenvalue weighted by Crippen LogP contribution is 2.29. The van der Waals surface area contributed by atoms with Crippen LogP contribution in [0.25, 0.3) is 0 Å². The topological polar surface area (TPSA) is 66.0 Å². The van der Waals surface area contributed by atoms with Crippen molar-refractivity contribution in [1.82, 2.24) is 5.32 Å². The summed E-state index contributed by atoms with van der Waals surface area (Å²) < 4.78 is 21.0. The van der Waals surface area contributed by atoms with Crippen LogP contribution in [0.5, 0.6) is 23.0 Å². The van der Waals surface area contributed by atoms with Gasteiger partial charge in [-0.2, -0.15) is 0 Å². The van der Waals surface area contributed by atoms with Gasteiger partial charge in [0.15, 0.2) is 18.1 Å². The van der Waals surface area contributed by atoms with Crippen LogP contribution in [0.4, 0.5) is 0 Å². The molecule has 2 rings (SSSR count). The third-order valence-electron chi connectivity index (χ3n) is 3.71. The molecule has 1 unspecified atom stereocenters. The molecular formula is C19H23NO5. The Balaban J connectivity index is 1.90. The number of rotatable bonds is 8. The van der Waals surface area contributed by atoms with Gasteiger partial charge in [-0.3, -0.25) is 4.79 Å². The van der Waals surface area contributed by atoms with Crippen molar-refractivity contribution in [3.05, 3.63) is 48.0 Å². The molecule has 2 aromatic carbocycles. The van der Waals surface area contributed by atoms with E-state index in [0.717, 1.165) is 11.3 Å². The molecule has 6 heteroatoms. The lowest BCUT2D eigenvalue weighted by atomic mass is 10.1. The maximum atomic E-state index is 12.1. The molecule has 0 saturated carbocycles. The lowest BCUT2D eigenvalue weighted by molar-refractivity contribution is -0.123. The van der Waals surface area contributed by atoms with E-state index in [2.05, 4.69) is 5.32 Å². The Morgan fingerprint density at radius 1 is 0.920 bits per heavy atom. The lowest BCUT2D eigenvalue weighted by Gasteiger charge is -2.17. The molecule has 0 spiro atoms. The average Bonchev–Trinajstić information content (AvgIpc) is 2.66. The van der Waals surface area contributed by atoms with E-state index < -0.39 is 0 Å². The predicted molar refractivity (Wildman–Crippen MR) is 94.6 cm³/mol. The predicted octanol–water partition coefficient (Wildman–Crippen LogP) is 2.97. The van der Waals surface area contributed by atoms with Gasteiger partial charge in [0, 0.05) is 0 Å². The fourth-order valence-corrected chi connectivity index (χ4v) is 2.31. The second-order valence-corrected chi connectivity index (χ2v) is 5.37. The minimum absolute atomic E-state index is 0.0655. The van der Waals surface area contributed by atoms with E-state index in [9.17, 15) is 4.79 Å². The molecule has 0 aliphatic heterocycles. The van der Waals surface area contributed by atoms with Gasteiger partial charge in [-0.25, -0.2) is 0 Å². The van der Waals surface area contributed by atoms with Crippen LogP contribution in [0.2, 0.25) is 0 Å². The van der Waals surface area contributed by atoms with Crippen molar-refractivity contribution in [2.24, 2.45) is 0 Å². The van der Waals surface area contributed by atoms with Crippen LogP contribution < -0.4 is 24.3 Å². The molecule has 1 N–H and O–H groups in total. The van der Waals surface area contributed by atoms with Gasteiger partial charge in [0.25, 0.3) is 5.91 Å². The SMILES string of the molecule is COc1ccc(OCC(=O)NC(C)c2ccc(OC)c(OC)c2)cc1. The molecule has 2 aromatic rings. The lowest BCUT2D eigenvalue weighted by Crippen LogP contribution is -2.31. The fraction of sp³-hybridized carbons (Fsp3) is 0.316. The summed E-state index contributed by atoms with van der Waals surface area (Å²) in [5.41, 5.74) is 0.912. The summed E-state index contributed by atoms with van der Waals surface area (Å²) in [5, 5.41) is 2.89. The first-order valence-electron chi connectivity index (χ1n) is 7.85. The molecule has 0 aliphatic carbocycles. The van der Waals surface area contributed by atoms with Crippen LogP contribution in [0.1, 0.15) is 18.5 Å². The molecule has 25 heavy (non-hydrogen) atoms. The van der Waals surface area contributed by atoms with Crippen LogP contribution >= 0.6 is 0 Å². The van der Waals surface area contributed by atoms with Crippen molar-refractivity contribution in [2.45, 2.75) is 13.0 Å². The van der Waals surface area contributed by atoms with Crippen molar-refractivity contribution >= 4 is 5.91 Å². The highest BCUT2D eigenvalue weighted by Gasteiger charge is 2.13. The molecule has 134 valence electrons. The number of hydrogen-bond acceptors (Lipinski definition) is 5. The highest BCUT2D eigenvalue weighted by molar-refractivity contribution is 5.78. The summed E-state index contributed by atoms with van der Waals surface area (Å²) >= 11 is 0. The Morgan fingerprint density at radius 3 is 2.16 bits per heavy atom. The number of hydrogen-bond donors (Lipinski definition) is 1. The third kappa shape index (κ3) is 5.04. The molecule has 0 bridgehead atoms. The molecule has 6 nitrogen and oxygen atoms in total. The van der Waals surface area contributed by atoms with Gasteiger partial charge in [0.05, 0.1) is 27.4 Å². The van der Waals surface area contributed by atoms with Gasteiger partial charge >= 0.3 is 0 Å². The van der Waals surface area contributed by atoms with Crippen molar-refractivity contribution in [2.75, 3.05) is 27.9 Å². The number of carbonyl (C=O) groups is 1. The molecule has 0 heterocycles. The van der Waals surface area contributed by atoms with E-state index >= 15 is 0 Å².